The molecule has 1 atom stereocenters. The lowest BCUT2D eigenvalue weighted by molar-refractivity contribution is -0.885. The van der Waals surface area contributed by atoms with E-state index < -0.39 is 0 Å². The van der Waals surface area contributed by atoms with E-state index in [4.69, 9.17) is 0 Å². The van der Waals surface area contributed by atoms with Crippen molar-refractivity contribution < 1.29 is 9.69 Å². The third-order valence-electron chi connectivity index (χ3n) is 3.74. The molecule has 2 aromatic carbocycles. The maximum Gasteiger partial charge on any atom is 0.279 e. The molecule has 0 heterocycles. The van der Waals surface area contributed by atoms with Gasteiger partial charge in [-0.3, -0.25) is 4.79 Å². The maximum atomic E-state index is 12.2. The van der Waals surface area contributed by atoms with E-state index in [1.807, 2.05) is 26.1 Å². The van der Waals surface area contributed by atoms with Crippen molar-refractivity contribution in [2.45, 2.75) is 27.3 Å². The molecule has 0 spiro atoms. The standard InChI is InChI=1S/C19H24N2O/c1-14-5-8-17(9-6-14)12-21(4)13-19(22)20-18-10-7-15(2)11-16(18)3/h5-11H,12-13H2,1-4H3,(H,20,22)/p+1. The lowest BCUT2D eigenvalue weighted by atomic mass is 10.1. The van der Waals surface area contributed by atoms with Gasteiger partial charge in [0, 0.05) is 11.3 Å². The summed E-state index contributed by atoms with van der Waals surface area (Å²) in [4.78, 5) is 13.3. The van der Waals surface area contributed by atoms with Crippen LogP contribution in [0.25, 0.3) is 0 Å². The van der Waals surface area contributed by atoms with Crippen LogP contribution in [0, 0.1) is 20.8 Å². The van der Waals surface area contributed by atoms with E-state index in [0.29, 0.717) is 6.54 Å². The van der Waals surface area contributed by atoms with Crippen molar-refractivity contribution in [3.05, 3.63) is 64.7 Å². The highest BCUT2D eigenvalue weighted by Gasteiger charge is 2.11. The number of quaternary nitrogens is 1. The van der Waals surface area contributed by atoms with Crippen LogP contribution in [0.1, 0.15) is 22.3 Å². The van der Waals surface area contributed by atoms with Crippen LogP contribution < -0.4 is 10.2 Å². The average molecular weight is 297 g/mol. The van der Waals surface area contributed by atoms with Crippen molar-refractivity contribution in [1.29, 1.82) is 0 Å². The number of rotatable bonds is 5. The van der Waals surface area contributed by atoms with Crippen molar-refractivity contribution >= 4 is 11.6 Å². The van der Waals surface area contributed by atoms with E-state index in [1.54, 1.807) is 0 Å². The Balaban J connectivity index is 1.89. The summed E-state index contributed by atoms with van der Waals surface area (Å²) in [6.45, 7) is 7.46. The van der Waals surface area contributed by atoms with Gasteiger partial charge in [-0.25, -0.2) is 0 Å². The number of amides is 1. The summed E-state index contributed by atoms with van der Waals surface area (Å²) in [7, 11) is 2.04. The molecule has 2 N–H and O–H groups in total. The van der Waals surface area contributed by atoms with Gasteiger partial charge in [0.25, 0.3) is 5.91 Å². The van der Waals surface area contributed by atoms with Gasteiger partial charge in [0.2, 0.25) is 0 Å². The van der Waals surface area contributed by atoms with Gasteiger partial charge >= 0.3 is 0 Å². The zero-order valence-corrected chi connectivity index (χ0v) is 13.9. The normalized spacial score (nSPS) is 12.0. The third kappa shape index (κ3) is 4.71. The van der Waals surface area contributed by atoms with Crippen LogP contribution >= 0.6 is 0 Å². The Morgan fingerprint density at radius 2 is 1.64 bits per heavy atom. The molecule has 1 unspecified atom stereocenters. The highest BCUT2D eigenvalue weighted by Crippen LogP contribution is 2.15. The molecule has 0 aromatic heterocycles. The zero-order valence-electron chi connectivity index (χ0n) is 13.9. The van der Waals surface area contributed by atoms with Crippen molar-refractivity contribution in [2.75, 3.05) is 18.9 Å². The fraction of sp³-hybridized carbons (Fsp3) is 0.316. The fourth-order valence-electron chi connectivity index (χ4n) is 2.54. The van der Waals surface area contributed by atoms with Gasteiger partial charge in [-0.2, -0.15) is 0 Å². The second-order valence-corrected chi connectivity index (χ2v) is 6.16. The molecule has 116 valence electrons. The van der Waals surface area contributed by atoms with Crippen LogP contribution in [0.4, 0.5) is 5.69 Å². The Kier molecular flexibility index (Phi) is 5.34. The highest BCUT2D eigenvalue weighted by atomic mass is 16.2. The van der Waals surface area contributed by atoms with E-state index in [0.717, 1.165) is 17.8 Å². The van der Waals surface area contributed by atoms with Crippen molar-refractivity contribution in [1.82, 2.24) is 0 Å². The van der Waals surface area contributed by atoms with Gasteiger partial charge in [0.05, 0.1) is 7.05 Å². The van der Waals surface area contributed by atoms with Crippen LogP contribution in [0.3, 0.4) is 0 Å². The second-order valence-electron chi connectivity index (χ2n) is 6.16. The molecule has 0 bridgehead atoms. The molecule has 0 aliphatic heterocycles. The Labute approximate surface area is 133 Å². The molecule has 0 saturated heterocycles. The molecule has 0 aliphatic rings. The van der Waals surface area contributed by atoms with Crippen LogP contribution in [0.5, 0.6) is 0 Å². The minimum atomic E-state index is 0.0524. The molecule has 1 amide bonds. The molecule has 3 heteroatoms. The molecule has 2 rings (SSSR count). The van der Waals surface area contributed by atoms with Gasteiger partial charge in [-0.15, -0.1) is 0 Å². The molecular formula is C19H25N2O+. The van der Waals surface area contributed by atoms with Crippen LogP contribution in [0.2, 0.25) is 0 Å². The number of hydrogen-bond donors (Lipinski definition) is 2. The van der Waals surface area contributed by atoms with Crippen LogP contribution in [-0.2, 0) is 11.3 Å². The minimum Gasteiger partial charge on any atom is -0.326 e. The van der Waals surface area contributed by atoms with Crippen molar-refractivity contribution in [3.63, 3.8) is 0 Å². The average Bonchev–Trinajstić information content (AvgIpc) is 2.44. The van der Waals surface area contributed by atoms with E-state index in [1.165, 1.54) is 21.6 Å². The van der Waals surface area contributed by atoms with Gasteiger partial charge in [0.15, 0.2) is 6.54 Å². The Morgan fingerprint density at radius 1 is 1.00 bits per heavy atom. The fourth-order valence-corrected chi connectivity index (χ4v) is 2.54. The first-order valence-corrected chi connectivity index (χ1v) is 7.68. The number of hydrogen-bond acceptors (Lipinski definition) is 1. The largest absolute Gasteiger partial charge is 0.326 e. The molecule has 2 aromatic rings. The molecular weight excluding hydrogens is 272 g/mol. The SMILES string of the molecule is Cc1ccc(C[NH+](C)CC(=O)Nc2ccc(C)cc2C)cc1. The first-order chi connectivity index (χ1) is 10.4. The summed E-state index contributed by atoms with van der Waals surface area (Å²) in [5.41, 5.74) is 5.72. The van der Waals surface area contributed by atoms with Gasteiger partial charge in [0.1, 0.15) is 6.54 Å². The number of nitrogens with one attached hydrogen (secondary N) is 2. The number of carbonyl (C=O) groups excluding carboxylic acids is 1. The lowest BCUT2D eigenvalue weighted by Crippen LogP contribution is -3.08. The summed E-state index contributed by atoms with van der Waals surface area (Å²) >= 11 is 0. The first kappa shape index (κ1) is 16.2. The van der Waals surface area contributed by atoms with Crippen molar-refractivity contribution in [3.8, 4) is 0 Å². The number of carbonyl (C=O) groups is 1. The molecule has 0 radical (unpaired) electrons. The number of aryl methyl sites for hydroxylation is 3. The Hall–Kier alpha value is -2.13. The lowest BCUT2D eigenvalue weighted by Gasteiger charge is -2.15. The summed E-state index contributed by atoms with van der Waals surface area (Å²) in [5, 5.41) is 3.00. The minimum absolute atomic E-state index is 0.0524. The third-order valence-corrected chi connectivity index (χ3v) is 3.74. The highest BCUT2D eigenvalue weighted by molar-refractivity contribution is 5.92. The smallest absolute Gasteiger partial charge is 0.279 e. The monoisotopic (exact) mass is 297 g/mol. The van der Waals surface area contributed by atoms with Crippen molar-refractivity contribution in [2.24, 2.45) is 0 Å². The van der Waals surface area contributed by atoms with E-state index >= 15 is 0 Å². The summed E-state index contributed by atoms with van der Waals surface area (Å²) in [6.07, 6.45) is 0. The molecule has 22 heavy (non-hydrogen) atoms. The second kappa shape index (κ2) is 7.23. The quantitative estimate of drug-likeness (QED) is 0.872. The van der Waals surface area contributed by atoms with Crippen LogP contribution in [-0.4, -0.2) is 19.5 Å². The van der Waals surface area contributed by atoms with E-state index in [-0.39, 0.29) is 5.91 Å². The molecule has 0 saturated carbocycles. The Bertz CT molecular complexity index is 647. The maximum absolute atomic E-state index is 12.2. The van der Waals surface area contributed by atoms with E-state index in [9.17, 15) is 4.79 Å². The number of anilines is 1. The van der Waals surface area contributed by atoms with Gasteiger partial charge < -0.3 is 10.2 Å². The molecule has 0 fully saturated rings. The predicted octanol–water partition coefficient (Wildman–Crippen LogP) is 2.27. The topological polar surface area (TPSA) is 33.5 Å². The van der Waals surface area contributed by atoms with E-state index in [2.05, 4.69) is 49.5 Å². The molecule has 3 nitrogen and oxygen atoms in total. The summed E-state index contributed by atoms with van der Waals surface area (Å²) < 4.78 is 0. The predicted molar refractivity (Wildman–Crippen MR) is 91.2 cm³/mol. The van der Waals surface area contributed by atoms with Gasteiger partial charge in [-0.05, 0) is 32.4 Å². The zero-order chi connectivity index (χ0) is 16.1. The summed E-state index contributed by atoms with van der Waals surface area (Å²) in [6, 6.07) is 14.5. The summed E-state index contributed by atoms with van der Waals surface area (Å²) in [5.74, 6) is 0.0524. The Morgan fingerprint density at radius 3 is 2.27 bits per heavy atom. The number of benzene rings is 2. The molecule has 0 aliphatic carbocycles. The van der Waals surface area contributed by atoms with Crippen LogP contribution in [0.15, 0.2) is 42.5 Å². The first-order valence-electron chi connectivity index (χ1n) is 7.68. The number of likely N-dealkylation sites (N-methyl/N-ethyl adjacent to an activating group) is 1. The van der Waals surface area contributed by atoms with Gasteiger partial charge in [-0.1, -0.05) is 47.5 Å².